The van der Waals surface area contributed by atoms with E-state index in [0.29, 0.717) is 38.1 Å². The third-order valence-corrected chi connectivity index (χ3v) is 5.86. The summed E-state index contributed by atoms with van der Waals surface area (Å²) in [6, 6.07) is 7.27. The molecule has 3 aromatic rings. The third kappa shape index (κ3) is 6.17. The number of carboxylic acids is 1. The standard InChI is InChI=1S/C24H22Br2N2O4/c1-14(2)19-12-18(11-16(23(19)31)4-5-17-13-27-7-8-28-17)32-24-20(25)9-15(10-21(24)26)3-6-22(29)30/h4-5,7-14,31H,3,6H2,1-2H3,(H,29,30)/b5-4+. The molecular weight excluding hydrogens is 540 g/mol. The molecule has 1 heterocycles. The summed E-state index contributed by atoms with van der Waals surface area (Å²) < 4.78 is 7.57. The van der Waals surface area contributed by atoms with Crippen molar-refractivity contribution < 1.29 is 19.7 Å². The monoisotopic (exact) mass is 560 g/mol. The lowest BCUT2D eigenvalue weighted by molar-refractivity contribution is -0.136. The van der Waals surface area contributed by atoms with Crippen LogP contribution in [0, 0.1) is 0 Å². The van der Waals surface area contributed by atoms with Gasteiger partial charge in [-0.1, -0.05) is 13.8 Å². The molecule has 0 bridgehead atoms. The second kappa shape index (κ2) is 10.7. The van der Waals surface area contributed by atoms with Crippen molar-refractivity contribution in [2.24, 2.45) is 0 Å². The van der Waals surface area contributed by atoms with Gasteiger partial charge in [-0.3, -0.25) is 14.8 Å². The molecule has 0 fully saturated rings. The fourth-order valence-electron chi connectivity index (χ4n) is 3.07. The van der Waals surface area contributed by atoms with E-state index in [9.17, 15) is 9.90 Å². The van der Waals surface area contributed by atoms with E-state index in [0.717, 1.165) is 11.1 Å². The van der Waals surface area contributed by atoms with E-state index in [4.69, 9.17) is 9.84 Å². The summed E-state index contributed by atoms with van der Waals surface area (Å²) in [7, 11) is 0. The first-order chi connectivity index (χ1) is 15.2. The summed E-state index contributed by atoms with van der Waals surface area (Å²) in [6.45, 7) is 4.00. The fourth-order valence-corrected chi connectivity index (χ4v) is 4.52. The minimum atomic E-state index is -0.843. The van der Waals surface area contributed by atoms with Crippen LogP contribution in [0.15, 0.2) is 51.8 Å². The molecule has 0 amide bonds. The number of benzene rings is 2. The van der Waals surface area contributed by atoms with Gasteiger partial charge in [-0.2, -0.15) is 0 Å². The Hall–Kier alpha value is -2.71. The molecule has 1 aromatic heterocycles. The average Bonchev–Trinajstić information content (AvgIpc) is 2.75. The highest BCUT2D eigenvalue weighted by molar-refractivity contribution is 9.11. The van der Waals surface area contributed by atoms with Gasteiger partial charge in [-0.05, 0) is 86.2 Å². The maximum atomic E-state index is 10.9. The number of nitrogens with zero attached hydrogens (tertiary/aromatic N) is 2. The van der Waals surface area contributed by atoms with E-state index in [1.807, 2.05) is 32.0 Å². The summed E-state index contributed by atoms with van der Waals surface area (Å²) in [5, 5.41) is 19.7. The van der Waals surface area contributed by atoms with Crippen LogP contribution in [0.25, 0.3) is 12.2 Å². The van der Waals surface area contributed by atoms with Gasteiger partial charge in [-0.15, -0.1) is 0 Å². The van der Waals surface area contributed by atoms with Crippen molar-refractivity contribution in [2.45, 2.75) is 32.6 Å². The molecule has 3 rings (SSSR count). The van der Waals surface area contributed by atoms with Crippen molar-refractivity contribution >= 4 is 50.0 Å². The first-order valence-corrected chi connectivity index (χ1v) is 11.5. The van der Waals surface area contributed by atoms with Gasteiger partial charge < -0.3 is 14.9 Å². The molecule has 2 aromatic carbocycles. The molecule has 0 aliphatic heterocycles. The van der Waals surface area contributed by atoms with Crippen LogP contribution in [-0.2, 0) is 11.2 Å². The topological polar surface area (TPSA) is 92.5 Å². The van der Waals surface area contributed by atoms with Crippen molar-refractivity contribution in [3.63, 3.8) is 0 Å². The molecule has 32 heavy (non-hydrogen) atoms. The molecule has 0 aliphatic rings. The number of rotatable bonds is 8. The van der Waals surface area contributed by atoms with Crippen molar-refractivity contribution in [3.05, 3.63) is 74.2 Å². The lowest BCUT2D eigenvalue weighted by atomic mass is 9.98. The van der Waals surface area contributed by atoms with Crippen molar-refractivity contribution in [1.82, 2.24) is 9.97 Å². The van der Waals surface area contributed by atoms with Gasteiger partial charge in [0, 0.05) is 29.9 Å². The second-order valence-corrected chi connectivity index (χ2v) is 9.16. The van der Waals surface area contributed by atoms with Gasteiger partial charge in [-0.25, -0.2) is 0 Å². The number of halogens is 2. The number of phenolic OH excluding ortho intramolecular Hbond substituents is 1. The van der Waals surface area contributed by atoms with Crippen molar-refractivity contribution in [1.29, 1.82) is 0 Å². The molecule has 0 unspecified atom stereocenters. The Bertz CT molecular complexity index is 1130. The van der Waals surface area contributed by atoms with Crippen LogP contribution in [0.4, 0.5) is 0 Å². The number of aryl methyl sites for hydroxylation is 1. The van der Waals surface area contributed by atoms with E-state index >= 15 is 0 Å². The van der Waals surface area contributed by atoms with Crippen molar-refractivity contribution in [3.8, 4) is 17.2 Å². The van der Waals surface area contributed by atoms with Gasteiger partial charge in [0.25, 0.3) is 0 Å². The molecular formula is C24H22Br2N2O4. The fraction of sp³-hybridized carbons (Fsp3) is 0.208. The van der Waals surface area contributed by atoms with Crippen LogP contribution >= 0.6 is 31.9 Å². The van der Waals surface area contributed by atoms with E-state index in [1.165, 1.54) is 0 Å². The summed E-state index contributed by atoms with van der Waals surface area (Å²) in [4.78, 5) is 19.1. The maximum Gasteiger partial charge on any atom is 0.303 e. The van der Waals surface area contributed by atoms with Gasteiger partial charge in [0.15, 0.2) is 5.75 Å². The van der Waals surface area contributed by atoms with Crippen LogP contribution < -0.4 is 4.74 Å². The molecule has 0 radical (unpaired) electrons. The Kier molecular flexibility index (Phi) is 8.04. The Morgan fingerprint density at radius 3 is 2.44 bits per heavy atom. The Morgan fingerprint density at radius 1 is 1.12 bits per heavy atom. The zero-order valence-corrected chi connectivity index (χ0v) is 20.7. The smallest absolute Gasteiger partial charge is 0.303 e. The average molecular weight is 562 g/mol. The molecule has 166 valence electrons. The Labute approximate surface area is 203 Å². The predicted octanol–water partition coefficient (Wildman–Crippen LogP) is 6.81. The van der Waals surface area contributed by atoms with Crippen LogP contribution in [0.5, 0.6) is 17.2 Å². The number of aliphatic carboxylic acids is 1. The minimum Gasteiger partial charge on any atom is -0.507 e. The molecule has 8 heteroatoms. The summed E-state index contributed by atoms with van der Waals surface area (Å²) in [5.41, 5.74) is 2.90. The van der Waals surface area contributed by atoms with Gasteiger partial charge in [0.05, 0.1) is 20.8 Å². The molecule has 0 spiro atoms. The highest BCUT2D eigenvalue weighted by Crippen LogP contribution is 2.41. The molecule has 0 saturated heterocycles. The largest absolute Gasteiger partial charge is 0.507 e. The minimum absolute atomic E-state index is 0.0519. The molecule has 0 atom stereocenters. The van der Waals surface area contributed by atoms with Gasteiger partial charge in [0.1, 0.15) is 11.5 Å². The molecule has 0 saturated carbocycles. The summed E-state index contributed by atoms with van der Waals surface area (Å²) >= 11 is 7.05. The number of aromatic nitrogens is 2. The Morgan fingerprint density at radius 2 is 1.84 bits per heavy atom. The van der Waals surface area contributed by atoms with E-state index in [2.05, 4.69) is 41.8 Å². The van der Waals surface area contributed by atoms with Crippen LogP contribution in [-0.4, -0.2) is 26.2 Å². The first kappa shape index (κ1) is 23.9. The predicted molar refractivity (Wildman–Crippen MR) is 131 cm³/mol. The van der Waals surface area contributed by atoms with Crippen LogP contribution in [0.3, 0.4) is 0 Å². The zero-order valence-electron chi connectivity index (χ0n) is 17.5. The number of phenols is 1. The number of carboxylic acid groups (broad SMARTS) is 1. The van der Waals surface area contributed by atoms with Crippen LogP contribution in [0.2, 0.25) is 0 Å². The SMILES string of the molecule is CC(C)c1cc(Oc2c(Br)cc(CCC(=O)O)cc2Br)cc(/C=C/c2cnccn2)c1O. The highest BCUT2D eigenvalue weighted by atomic mass is 79.9. The van der Waals surface area contributed by atoms with Crippen LogP contribution in [0.1, 0.15) is 48.6 Å². The number of carbonyl (C=O) groups is 1. The van der Waals surface area contributed by atoms with E-state index in [-0.39, 0.29) is 18.1 Å². The number of ether oxygens (including phenoxy) is 1. The van der Waals surface area contributed by atoms with Gasteiger partial charge in [0.2, 0.25) is 0 Å². The van der Waals surface area contributed by atoms with Crippen molar-refractivity contribution in [2.75, 3.05) is 0 Å². The second-order valence-electron chi connectivity index (χ2n) is 7.45. The quantitative estimate of drug-likeness (QED) is 0.314. The van der Waals surface area contributed by atoms with E-state index in [1.54, 1.807) is 36.8 Å². The number of hydrogen-bond donors (Lipinski definition) is 2. The number of hydrogen-bond acceptors (Lipinski definition) is 5. The Balaban J connectivity index is 1.95. The van der Waals surface area contributed by atoms with Gasteiger partial charge >= 0.3 is 5.97 Å². The molecule has 0 aliphatic carbocycles. The lowest BCUT2D eigenvalue weighted by Gasteiger charge is -2.16. The maximum absolute atomic E-state index is 10.9. The third-order valence-electron chi connectivity index (χ3n) is 4.69. The lowest BCUT2D eigenvalue weighted by Crippen LogP contribution is -1.98. The normalized spacial score (nSPS) is 11.3. The highest BCUT2D eigenvalue weighted by Gasteiger charge is 2.16. The zero-order chi connectivity index (χ0) is 23.3. The van der Waals surface area contributed by atoms with E-state index < -0.39 is 5.97 Å². The first-order valence-electron chi connectivity index (χ1n) is 9.93. The number of aromatic hydroxyl groups is 1. The summed E-state index contributed by atoms with van der Waals surface area (Å²) in [5.74, 6) is 0.547. The molecule has 6 nitrogen and oxygen atoms in total. The molecule has 2 N–H and O–H groups in total. The summed E-state index contributed by atoms with van der Waals surface area (Å²) in [6.07, 6.45) is 8.86.